The van der Waals surface area contributed by atoms with E-state index >= 15 is 0 Å². The number of hydrogen-bond acceptors (Lipinski definition) is 3. The maximum Gasteiger partial charge on any atom is 0.234 e. The van der Waals surface area contributed by atoms with E-state index in [9.17, 15) is 9.59 Å². The zero-order valence-corrected chi connectivity index (χ0v) is 17.3. The molecule has 0 aliphatic heterocycles. The van der Waals surface area contributed by atoms with Gasteiger partial charge in [0.05, 0.1) is 17.5 Å². The van der Waals surface area contributed by atoms with E-state index in [-0.39, 0.29) is 29.4 Å². The predicted octanol–water partition coefficient (Wildman–Crippen LogP) is 4.70. The molecule has 2 rings (SSSR count). The fourth-order valence-electron chi connectivity index (χ4n) is 2.51. The van der Waals surface area contributed by atoms with Crippen molar-refractivity contribution in [2.24, 2.45) is 0 Å². The molecule has 2 N–H and O–H groups in total. The van der Waals surface area contributed by atoms with Crippen molar-refractivity contribution in [3.8, 4) is 0 Å². The topological polar surface area (TPSA) is 58.2 Å². The highest BCUT2D eigenvalue weighted by Gasteiger charge is 2.13. The van der Waals surface area contributed by atoms with Crippen molar-refractivity contribution >= 4 is 45.2 Å². The molecule has 0 saturated heterocycles. The minimum Gasteiger partial charge on any atom is -0.349 e. The SMILES string of the molecule is CCC(NC(=O)CSCC(=O)Nc1cccc(C)c1)c1ccc(Br)cc1. The van der Waals surface area contributed by atoms with Crippen molar-refractivity contribution < 1.29 is 9.59 Å². The monoisotopic (exact) mass is 434 g/mol. The molecule has 138 valence electrons. The summed E-state index contributed by atoms with van der Waals surface area (Å²) in [5, 5.41) is 5.87. The average Bonchev–Trinajstić information content (AvgIpc) is 2.60. The Morgan fingerprint density at radius 2 is 1.77 bits per heavy atom. The molecule has 0 aliphatic rings. The number of aryl methyl sites for hydroxylation is 1. The molecule has 1 unspecified atom stereocenters. The number of thioether (sulfide) groups is 1. The molecule has 0 bridgehead atoms. The summed E-state index contributed by atoms with van der Waals surface area (Å²) in [6.07, 6.45) is 0.811. The number of benzene rings is 2. The lowest BCUT2D eigenvalue weighted by molar-refractivity contribution is -0.119. The Hall–Kier alpha value is -1.79. The first-order valence-electron chi connectivity index (χ1n) is 8.47. The van der Waals surface area contributed by atoms with Gasteiger partial charge in [0, 0.05) is 10.2 Å². The van der Waals surface area contributed by atoms with Gasteiger partial charge in [-0.2, -0.15) is 0 Å². The highest BCUT2D eigenvalue weighted by Crippen LogP contribution is 2.19. The molecular formula is C20H23BrN2O2S. The van der Waals surface area contributed by atoms with Crippen molar-refractivity contribution in [3.63, 3.8) is 0 Å². The largest absolute Gasteiger partial charge is 0.349 e. The second-order valence-electron chi connectivity index (χ2n) is 5.99. The number of rotatable bonds is 8. The van der Waals surface area contributed by atoms with E-state index in [4.69, 9.17) is 0 Å². The molecule has 0 aliphatic carbocycles. The summed E-state index contributed by atoms with van der Waals surface area (Å²) in [5.41, 5.74) is 2.95. The number of nitrogens with one attached hydrogen (secondary N) is 2. The minimum absolute atomic E-state index is 0.0164. The second kappa shape index (κ2) is 10.4. The van der Waals surface area contributed by atoms with Crippen LogP contribution in [0.15, 0.2) is 53.0 Å². The van der Waals surface area contributed by atoms with Crippen LogP contribution in [0.1, 0.15) is 30.5 Å². The number of anilines is 1. The first kappa shape index (κ1) is 20.5. The maximum absolute atomic E-state index is 12.2. The van der Waals surface area contributed by atoms with Crippen LogP contribution in [-0.4, -0.2) is 23.3 Å². The molecule has 0 radical (unpaired) electrons. The van der Waals surface area contributed by atoms with Gasteiger partial charge in [0.15, 0.2) is 0 Å². The maximum atomic E-state index is 12.2. The molecule has 0 saturated carbocycles. The van der Waals surface area contributed by atoms with Crippen molar-refractivity contribution in [1.29, 1.82) is 0 Å². The standard InChI is InChI=1S/C20H23BrN2O2S/c1-3-18(15-7-9-16(21)10-8-15)23-20(25)13-26-12-19(24)22-17-6-4-5-14(2)11-17/h4-11,18H,3,12-13H2,1-2H3,(H,22,24)(H,23,25). The van der Waals surface area contributed by atoms with E-state index in [2.05, 4.69) is 26.6 Å². The first-order valence-corrected chi connectivity index (χ1v) is 10.4. The molecule has 2 amide bonds. The Morgan fingerprint density at radius 1 is 1.08 bits per heavy atom. The van der Waals surface area contributed by atoms with Crippen LogP contribution in [0.25, 0.3) is 0 Å². The molecule has 0 fully saturated rings. The first-order chi connectivity index (χ1) is 12.5. The van der Waals surface area contributed by atoms with Gasteiger partial charge in [-0.3, -0.25) is 9.59 Å². The van der Waals surface area contributed by atoms with E-state index in [1.165, 1.54) is 11.8 Å². The van der Waals surface area contributed by atoms with Crippen molar-refractivity contribution in [3.05, 3.63) is 64.1 Å². The lowest BCUT2D eigenvalue weighted by Gasteiger charge is -2.17. The van der Waals surface area contributed by atoms with Crippen LogP contribution in [0.4, 0.5) is 5.69 Å². The van der Waals surface area contributed by atoms with Gasteiger partial charge in [0.1, 0.15) is 0 Å². The number of halogens is 1. The van der Waals surface area contributed by atoms with E-state index in [0.717, 1.165) is 27.7 Å². The van der Waals surface area contributed by atoms with E-state index in [1.807, 2.05) is 62.4 Å². The molecule has 0 spiro atoms. The zero-order valence-electron chi connectivity index (χ0n) is 14.9. The van der Waals surface area contributed by atoms with E-state index < -0.39 is 0 Å². The third kappa shape index (κ3) is 6.84. The van der Waals surface area contributed by atoms with Gasteiger partial charge in [-0.25, -0.2) is 0 Å². The third-order valence-electron chi connectivity index (χ3n) is 3.78. The van der Waals surface area contributed by atoms with Gasteiger partial charge in [-0.05, 0) is 48.7 Å². The summed E-state index contributed by atoms with van der Waals surface area (Å²) in [6, 6.07) is 15.6. The summed E-state index contributed by atoms with van der Waals surface area (Å²) in [6.45, 7) is 4.01. The molecule has 26 heavy (non-hydrogen) atoms. The Bertz CT molecular complexity index is 750. The fourth-order valence-corrected chi connectivity index (χ4v) is 3.40. The molecule has 6 heteroatoms. The lowest BCUT2D eigenvalue weighted by Crippen LogP contribution is -2.30. The highest BCUT2D eigenvalue weighted by atomic mass is 79.9. The number of carbonyl (C=O) groups is 2. The van der Waals surface area contributed by atoms with Crippen LogP contribution >= 0.6 is 27.7 Å². The van der Waals surface area contributed by atoms with Crippen LogP contribution in [-0.2, 0) is 9.59 Å². The Kier molecular flexibility index (Phi) is 8.19. The summed E-state index contributed by atoms with van der Waals surface area (Å²) in [5.74, 6) is 0.339. The molecule has 2 aromatic carbocycles. The highest BCUT2D eigenvalue weighted by molar-refractivity contribution is 9.10. The predicted molar refractivity (Wildman–Crippen MR) is 112 cm³/mol. The van der Waals surface area contributed by atoms with Crippen molar-refractivity contribution in [1.82, 2.24) is 5.32 Å². The normalized spacial score (nSPS) is 11.7. The molecule has 2 aromatic rings. The van der Waals surface area contributed by atoms with Crippen LogP contribution in [0.3, 0.4) is 0 Å². The van der Waals surface area contributed by atoms with Crippen LogP contribution in [0.2, 0.25) is 0 Å². The number of hydrogen-bond donors (Lipinski definition) is 2. The quantitative estimate of drug-likeness (QED) is 0.632. The molecular weight excluding hydrogens is 412 g/mol. The number of carbonyl (C=O) groups excluding carboxylic acids is 2. The molecule has 4 nitrogen and oxygen atoms in total. The summed E-state index contributed by atoms with van der Waals surface area (Å²) in [4.78, 5) is 24.1. The fraction of sp³-hybridized carbons (Fsp3) is 0.300. The molecule has 1 atom stereocenters. The smallest absolute Gasteiger partial charge is 0.234 e. The summed E-state index contributed by atoms with van der Waals surface area (Å²) in [7, 11) is 0. The van der Waals surface area contributed by atoms with Gasteiger partial charge in [0.25, 0.3) is 0 Å². The number of amides is 2. The second-order valence-corrected chi connectivity index (χ2v) is 7.89. The van der Waals surface area contributed by atoms with Gasteiger partial charge >= 0.3 is 0 Å². The van der Waals surface area contributed by atoms with Crippen molar-refractivity contribution in [2.75, 3.05) is 16.8 Å². The minimum atomic E-state index is -0.103. The Morgan fingerprint density at radius 3 is 2.42 bits per heavy atom. The van der Waals surface area contributed by atoms with Crippen molar-refractivity contribution in [2.45, 2.75) is 26.3 Å². The Labute approximate surface area is 167 Å². The van der Waals surface area contributed by atoms with E-state index in [0.29, 0.717) is 0 Å². The summed E-state index contributed by atoms with van der Waals surface area (Å²) < 4.78 is 1.01. The van der Waals surface area contributed by atoms with Gasteiger partial charge in [-0.1, -0.05) is 47.1 Å². The average molecular weight is 435 g/mol. The summed E-state index contributed by atoms with van der Waals surface area (Å²) >= 11 is 4.73. The Balaban J connectivity index is 1.75. The lowest BCUT2D eigenvalue weighted by atomic mass is 10.0. The van der Waals surface area contributed by atoms with Gasteiger partial charge < -0.3 is 10.6 Å². The van der Waals surface area contributed by atoms with Gasteiger partial charge in [0.2, 0.25) is 11.8 Å². The van der Waals surface area contributed by atoms with Crippen LogP contribution in [0, 0.1) is 6.92 Å². The molecule has 0 heterocycles. The van der Waals surface area contributed by atoms with E-state index in [1.54, 1.807) is 0 Å². The van der Waals surface area contributed by atoms with Gasteiger partial charge in [-0.15, -0.1) is 11.8 Å². The van der Waals surface area contributed by atoms with Crippen LogP contribution in [0.5, 0.6) is 0 Å². The zero-order chi connectivity index (χ0) is 18.9. The molecule has 0 aromatic heterocycles. The van der Waals surface area contributed by atoms with Crippen LogP contribution < -0.4 is 10.6 Å². The third-order valence-corrected chi connectivity index (χ3v) is 5.25.